The number of hydrogen-bond acceptors (Lipinski definition) is 12. The van der Waals surface area contributed by atoms with Crippen molar-refractivity contribution < 1.29 is 37.4 Å². The van der Waals surface area contributed by atoms with Gasteiger partial charge in [-0.2, -0.15) is 9.97 Å². The van der Waals surface area contributed by atoms with Crippen molar-refractivity contribution in [3.8, 4) is 22.9 Å². The molecule has 2 unspecified atom stereocenters. The second kappa shape index (κ2) is 18.0. The Morgan fingerprint density at radius 1 is 0.808 bits per heavy atom. The van der Waals surface area contributed by atoms with Gasteiger partial charge in [-0.15, -0.1) is 0 Å². The second-order valence-electron chi connectivity index (χ2n) is 22.6. The van der Waals surface area contributed by atoms with Crippen LogP contribution in [0.25, 0.3) is 32.8 Å². The minimum absolute atomic E-state index is 0.0292. The van der Waals surface area contributed by atoms with Gasteiger partial charge >= 0.3 is 6.01 Å². The largest absolute Gasteiger partial charge is 0.508 e. The van der Waals surface area contributed by atoms with Crippen LogP contribution in [0.1, 0.15) is 80.1 Å². The maximum Gasteiger partial charge on any atom is 0.319 e. The number of imide groups is 1. The van der Waals surface area contributed by atoms with Crippen LogP contribution in [-0.2, 0) is 16.1 Å². The molecule has 2 bridgehead atoms. The molecule has 73 heavy (non-hydrogen) atoms. The number of anilines is 2. The fourth-order valence-electron chi connectivity index (χ4n) is 13.7. The van der Waals surface area contributed by atoms with Gasteiger partial charge in [0, 0.05) is 110 Å². The minimum Gasteiger partial charge on any atom is -0.508 e. The number of fused-ring (bicyclic) bond motifs is 5. The highest BCUT2D eigenvalue weighted by molar-refractivity contribution is 6.37. The van der Waals surface area contributed by atoms with Gasteiger partial charge in [-0.1, -0.05) is 17.7 Å². The summed E-state index contributed by atoms with van der Waals surface area (Å²) in [5.41, 5.74) is 2.36. The van der Waals surface area contributed by atoms with Crippen LogP contribution >= 0.6 is 11.6 Å². The summed E-state index contributed by atoms with van der Waals surface area (Å²) in [5.74, 6) is -2.57. The molecule has 14 nitrogen and oxygen atoms in total. The lowest BCUT2D eigenvalue weighted by molar-refractivity contribution is -0.136. The van der Waals surface area contributed by atoms with Crippen LogP contribution in [0.4, 0.5) is 24.7 Å². The first kappa shape index (κ1) is 47.0. The van der Waals surface area contributed by atoms with Crippen LogP contribution in [0.5, 0.6) is 11.8 Å². The Bertz CT molecular complexity index is 3090. The van der Waals surface area contributed by atoms with E-state index in [4.69, 9.17) is 21.3 Å². The van der Waals surface area contributed by atoms with E-state index >= 15 is 8.78 Å². The molecule has 3 amide bonds. The van der Waals surface area contributed by atoms with Crippen molar-refractivity contribution in [3.05, 3.63) is 82.1 Å². The van der Waals surface area contributed by atoms with Crippen molar-refractivity contribution in [1.82, 2.24) is 35.3 Å². The van der Waals surface area contributed by atoms with E-state index in [0.717, 1.165) is 95.4 Å². The Labute approximate surface area is 426 Å². The molecule has 8 aliphatic rings. The lowest BCUT2D eigenvalue weighted by Gasteiger charge is -2.54. The predicted molar refractivity (Wildman–Crippen MR) is 270 cm³/mol. The number of benzene rings is 4. The smallest absolute Gasteiger partial charge is 0.319 e. The molecule has 4 aromatic carbocycles. The highest BCUT2D eigenvalue weighted by Gasteiger charge is 2.50. The molecule has 2 aliphatic carbocycles. The monoisotopic (exact) mass is 1020 g/mol. The third kappa shape index (κ3) is 8.61. The lowest BCUT2D eigenvalue weighted by Crippen LogP contribution is -2.53. The number of hydrogen-bond donors (Lipinski definition) is 3. The lowest BCUT2D eigenvalue weighted by atomic mass is 9.57. The van der Waals surface area contributed by atoms with E-state index in [9.17, 15) is 23.9 Å². The zero-order valence-electron chi connectivity index (χ0n) is 40.7. The summed E-state index contributed by atoms with van der Waals surface area (Å²) >= 11 is 6.43. The number of nitrogens with zero attached hydrogens (tertiary/aromatic N) is 7. The number of nitrogens with one attached hydrogen (secondary N) is 2. The molecule has 0 radical (unpaired) electrons. The van der Waals surface area contributed by atoms with E-state index in [1.165, 1.54) is 49.9 Å². The number of ether oxygens (including phenoxy) is 1. The third-order valence-electron chi connectivity index (χ3n) is 17.8. The second-order valence-corrected chi connectivity index (χ2v) is 23.0. The number of piperazine rings is 2. The quantitative estimate of drug-likeness (QED) is 0.113. The fraction of sp³-hybridized carbons (Fsp3) is 0.509. The van der Waals surface area contributed by atoms with Crippen molar-refractivity contribution in [2.24, 2.45) is 16.7 Å². The average molecular weight is 1020 g/mol. The number of piperidine rings is 2. The number of aromatic hydroxyl groups is 1. The van der Waals surface area contributed by atoms with Crippen molar-refractivity contribution in [2.45, 2.75) is 88.9 Å². The normalized spacial score (nSPS) is 25.0. The van der Waals surface area contributed by atoms with Gasteiger partial charge in [-0.3, -0.25) is 24.6 Å². The number of likely N-dealkylation sites (tertiary alicyclic amines) is 1. The number of amides is 3. The molecule has 7 heterocycles. The number of rotatable bonds is 11. The maximum atomic E-state index is 17.1. The van der Waals surface area contributed by atoms with Gasteiger partial charge in [0.25, 0.3) is 5.91 Å². The van der Waals surface area contributed by atoms with E-state index in [1.807, 2.05) is 12.1 Å². The molecule has 1 spiro atoms. The zero-order chi connectivity index (χ0) is 49.9. The molecular weight excluding hydrogens is 959 g/mol. The number of aromatic nitrogens is 2. The Morgan fingerprint density at radius 3 is 2.32 bits per heavy atom. The van der Waals surface area contributed by atoms with Crippen LogP contribution in [0.3, 0.4) is 0 Å². The molecule has 6 aliphatic heterocycles. The summed E-state index contributed by atoms with van der Waals surface area (Å²) in [7, 11) is 0. The number of carbonyl (C=O) groups is 3. The summed E-state index contributed by atoms with van der Waals surface area (Å²) in [4.78, 5) is 58.2. The summed E-state index contributed by atoms with van der Waals surface area (Å²) < 4.78 is 54.9. The molecular formula is C55H59ClF3N9O5. The molecule has 2 saturated carbocycles. The number of phenolic OH excluding ortho intramolecular Hbond substituents is 1. The van der Waals surface area contributed by atoms with Crippen molar-refractivity contribution in [2.75, 3.05) is 81.9 Å². The molecule has 3 N–H and O–H groups in total. The number of phenols is 1. The van der Waals surface area contributed by atoms with Gasteiger partial charge in [0.15, 0.2) is 5.82 Å². The zero-order valence-corrected chi connectivity index (χ0v) is 41.5. The molecule has 1 aromatic heterocycles. The standard InChI is InChI=1S/C55H59ClF3N9O5/c56-47-41(57)6-1-32-20-37(69)21-39(45(32)47)46-42(58)22-40-49(48(46)59)62-53(63-50(40)67-27-34-2-3-35(28-67)60-34)73-30-55(9-10-55)29-65-13-11-54(12-14-65)23-31(24-54)25-64-15-17-66(18-16-64)36-4-5-38-33(19-36)26-68(52(38)72)43-7-8-44(70)61-51(43)71/h1,4-6,19-22,31,34-35,43,60,69H,2-3,7-18,23-30H2,(H,61,70,71)/t34?,35?,43-/m0/s1. The van der Waals surface area contributed by atoms with Gasteiger partial charge in [0.1, 0.15) is 34.8 Å². The van der Waals surface area contributed by atoms with E-state index < -0.39 is 35.0 Å². The van der Waals surface area contributed by atoms with Crippen molar-refractivity contribution in [1.29, 1.82) is 0 Å². The SMILES string of the molecule is O=C1CC[C@H](N2Cc3cc(N4CCN(CC5CC6(CCN(CC7(COc8nc(N9CC%10CCC(C9)N%10)c9cc(F)c(-c%10cc(O)cc%11ccc(F)c(Cl)c%10%11)c(F)c9n8)CC7)CC6)C5)CC4)ccc3C2=O)C(=O)N1. The molecule has 5 aromatic rings. The molecule has 3 atom stereocenters. The molecule has 18 heteroatoms. The maximum absolute atomic E-state index is 17.1. The van der Waals surface area contributed by atoms with Crippen LogP contribution in [0.2, 0.25) is 5.02 Å². The Hall–Kier alpha value is -5.75. The average Bonchev–Trinajstić information content (AvgIpc) is 3.94. The van der Waals surface area contributed by atoms with Crippen LogP contribution < -0.4 is 25.2 Å². The van der Waals surface area contributed by atoms with E-state index in [0.29, 0.717) is 60.8 Å². The van der Waals surface area contributed by atoms with E-state index in [-0.39, 0.29) is 74.4 Å². The molecule has 13 rings (SSSR count). The Kier molecular flexibility index (Phi) is 11.6. The van der Waals surface area contributed by atoms with Gasteiger partial charge in [-0.25, -0.2) is 13.2 Å². The number of halogens is 4. The summed E-state index contributed by atoms with van der Waals surface area (Å²) in [6, 6.07) is 12.3. The highest BCUT2D eigenvalue weighted by atomic mass is 35.5. The first-order valence-corrected chi connectivity index (χ1v) is 26.6. The fourth-order valence-corrected chi connectivity index (χ4v) is 14.0. The minimum atomic E-state index is -0.965. The van der Waals surface area contributed by atoms with Crippen molar-refractivity contribution in [3.63, 3.8) is 0 Å². The van der Waals surface area contributed by atoms with Gasteiger partial charge in [0.2, 0.25) is 11.8 Å². The van der Waals surface area contributed by atoms with Gasteiger partial charge < -0.3 is 34.8 Å². The third-order valence-corrected chi connectivity index (χ3v) is 18.1. The van der Waals surface area contributed by atoms with Crippen LogP contribution in [0, 0.1) is 34.2 Å². The van der Waals surface area contributed by atoms with E-state index in [1.54, 1.807) is 4.90 Å². The van der Waals surface area contributed by atoms with Gasteiger partial charge in [-0.05, 0) is 136 Å². The molecule has 382 valence electrons. The van der Waals surface area contributed by atoms with Crippen molar-refractivity contribution >= 4 is 62.5 Å². The highest BCUT2D eigenvalue weighted by Crippen LogP contribution is 2.54. The number of carbonyl (C=O) groups excluding carboxylic acids is 3. The van der Waals surface area contributed by atoms with E-state index in [2.05, 4.69) is 41.3 Å². The van der Waals surface area contributed by atoms with Crippen LogP contribution in [0.15, 0.2) is 48.5 Å². The summed E-state index contributed by atoms with van der Waals surface area (Å²) in [6.07, 6.45) is 9.52. The first-order valence-electron chi connectivity index (χ1n) is 26.2. The Balaban J connectivity index is 0.630. The van der Waals surface area contributed by atoms with Crippen LogP contribution in [-0.4, -0.2) is 138 Å². The summed E-state index contributed by atoms with van der Waals surface area (Å²) in [6.45, 7) is 9.94. The van der Waals surface area contributed by atoms with Gasteiger partial charge in [0.05, 0.1) is 17.2 Å². The molecule has 5 saturated heterocycles. The predicted octanol–water partition coefficient (Wildman–Crippen LogP) is 7.40. The molecule has 7 fully saturated rings. The first-order chi connectivity index (χ1) is 35.3. The Morgan fingerprint density at radius 2 is 1.58 bits per heavy atom. The topological polar surface area (TPSA) is 147 Å². The summed E-state index contributed by atoms with van der Waals surface area (Å²) in [5, 5.41) is 17.0.